The number of ether oxygens (including phenoxy) is 2. The van der Waals surface area contributed by atoms with Crippen molar-refractivity contribution in [1.29, 1.82) is 0 Å². The molecule has 4 heteroatoms. The summed E-state index contributed by atoms with van der Waals surface area (Å²) in [6.45, 7) is 6.50. The molecule has 0 radical (unpaired) electrons. The van der Waals surface area contributed by atoms with Gasteiger partial charge in [-0.25, -0.2) is 9.59 Å². The number of unbranched alkanes of at least 4 members (excludes halogenated alkanes) is 7. The van der Waals surface area contributed by atoms with E-state index >= 15 is 0 Å². The molecule has 0 unspecified atom stereocenters. The number of hydrogen-bond acceptors (Lipinski definition) is 4. The SMILES string of the molecule is CCCCCCCCCCOC(=O)C(=O)Oc1ccccc1C(C)C. The molecule has 1 aromatic rings. The summed E-state index contributed by atoms with van der Waals surface area (Å²) < 4.78 is 10.2. The van der Waals surface area contributed by atoms with Crippen LogP contribution in [-0.4, -0.2) is 18.5 Å². The molecule has 0 aromatic heterocycles. The summed E-state index contributed by atoms with van der Waals surface area (Å²) in [6, 6.07) is 7.24. The standard InChI is InChI=1S/C21H32O4/c1-4-5-6-7-8-9-10-13-16-24-20(22)21(23)25-19-15-12-11-14-18(19)17(2)3/h11-12,14-15,17H,4-10,13,16H2,1-3H3. The van der Waals surface area contributed by atoms with Gasteiger partial charge in [0.1, 0.15) is 5.75 Å². The Kier molecular flexibility index (Phi) is 10.6. The lowest BCUT2D eigenvalue weighted by Gasteiger charge is -2.12. The van der Waals surface area contributed by atoms with Gasteiger partial charge in [-0.05, 0) is 24.0 Å². The number of benzene rings is 1. The molecule has 0 heterocycles. The molecule has 0 bridgehead atoms. The Morgan fingerprint density at radius 1 is 0.880 bits per heavy atom. The van der Waals surface area contributed by atoms with E-state index in [1.54, 1.807) is 12.1 Å². The third-order valence-electron chi connectivity index (χ3n) is 4.14. The van der Waals surface area contributed by atoms with Crippen LogP contribution < -0.4 is 4.74 Å². The minimum atomic E-state index is -0.951. The van der Waals surface area contributed by atoms with Gasteiger partial charge in [-0.15, -0.1) is 0 Å². The molecule has 0 saturated carbocycles. The smallest absolute Gasteiger partial charge is 0.422 e. The lowest BCUT2D eigenvalue weighted by Crippen LogP contribution is -2.24. The van der Waals surface area contributed by atoms with E-state index in [1.807, 2.05) is 26.0 Å². The molecule has 1 aromatic carbocycles. The van der Waals surface area contributed by atoms with Gasteiger partial charge in [0.2, 0.25) is 0 Å². The molecular formula is C21H32O4. The molecule has 0 amide bonds. The fourth-order valence-electron chi connectivity index (χ4n) is 2.65. The summed E-state index contributed by atoms with van der Waals surface area (Å²) in [5.74, 6) is -1.24. The first-order valence-corrected chi connectivity index (χ1v) is 9.54. The minimum Gasteiger partial charge on any atom is -0.457 e. The molecule has 0 atom stereocenters. The lowest BCUT2D eigenvalue weighted by atomic mass is 10.0. The molecule has 0 spiro atoms. The van der Waals surface area contributed by atoms with E-state index in [2.05, 4.69) is 6.92 Å². The topological polar surface area (TPSA) is 52.6 Å². The monoisotopic (exact) mass is 348 g/mol. The van der Waals surface area contributed by atoms with Gasteiger partial charge < -0.3 is 9.47 Å². The highest BCUT2D eigenvalue weighted by Crippen LogP contribution is 2.25. The summed E-state index contributed by atoms with van der Waals surface area (Å²) in [4.78, 5) is 23.6. The van der Waals surface area contributed by atoms with Gasteiger partial charge in [0.15, 0.2) is 0 Å². The molecule has 0 N–H and O–H groups in total. The molecular weight excluding hydrogens is 316 g/mol. The van der Waals surface area contributed by atoms with E-state index in [9.17, 15) is 9.59 Å². The Hall–Kier alpha value is -1.84. The summed E-state index contributed by atoms with van der Waals surface area (Å²) in [5.41, 5.74) is 0.895. The maximum Gasteiger partial charge on any atom is 0.422 e. The van der Waals surface area contributed by atoms with Crippen LogP contribution in [0.2, 0.25) is 0 Å². The zero-order chi connectivity index (χ0) is 18.5. The molecule has 0 saturated heterocycles. The van der Waals surface area contributed by atoms with Crippen LogP contribution in [0.3, 0.4) is 0 Å². The molecule has 140 valence electrons. The first kappa shape index (κ1) is 21.2. The van der Waals surface area contributed by atoms with Crippen molar-refractivity contribution in [3.63, 3.8) is 0 Å². The highest BCUT2D eigenvalue weighted by molar-refractivity contribution is 6.30. The van der Waals surface area contributed by atoms with E-state index in [1.165, 1.54) is 32.1 Å². The minimum absolute atomic E-state index is 0.206. The highest BCUT2D eigenvalue weighted by Gasteiger charge is 2.20. The van der Waals surface area contributed by atoms with Gasteiger partial charge in [-0.3, -0.25) is 0 Å². The van der Waals surface area contributed by atoms with Gasteiger partial charge in [-0.1, -0.05) is 83.9 Å². The van der Waals surface area contributed by atoms with Crippen molar-refractivity contribution < 1.29 is 19.1 Å². The highest BCUT2D eigenvalue weighted by atomic mass is 16.6. The molecule has 25 heavy (non-hydrogen) atoms. The second-order valence-corrected chi connectivity index (χ2v) is 6.69. The zero-order valence-corrected chi connectivity index (χ0v) is 15.9. The van der Waals surface area contributed by atoms with Crippen LogP contribution >= 0.6 is 0 Å². The van der Waals surface area contributed by atoms with Gasteiger partial charge in [0.05, 0.1) is 6.61 Å². The van der Waals surface area contributed by atoms with Gasteiger partial charge in [0.25, 0.3) is 0 Å². The fourth-order valence-corrected chi connectivity index (χ4v) is 2.65. The number of hydrogen-bond donors (Lipinski definition) is 0. The van der Waals surface area contributed by atoms with E-state index in [4.69, 9.17) is 9.47 Å². The summed E-state index contributed by atoms with van der Waals surface area (Å²) in [5, 5.41) is 0. The van der Waals surface area contributed by atoms with Crippen molar-refractivity contribution in [1.82, 2.24) is 0 Å². The second-order valence-electron chi connectivity index (χ2n) is 6.69. The first-order valence-electron chi connectivity index (χ1n) is 9.54. The van der Waals surface area contributed by atoms with E-state index < -0.39 is 11.9 Å². The van der Waals surface area contributed by atoms with Crippen molar-refractivity contribution >= 4 is 11.9 Å². The third kappa shape index (κ3) is 8.71. The molecule has 1 rings (SSSR count). The molecule has 0 aliphatic carbocycles. The predicted octanol–water partition coefficient (Wildman–Crippen LogP) is 5.40. The number of esters is 2. The van der Waals surface area contributed by atoms with Crippen LogP contribution in [0.25, 0.3) is 0 Å². The van der Waals surface area contributed by atoms with Crippen LogP contribution in [0, 0.1) is 0 Å². The van der Waals surface area contributed by atoms with Crippen molar-refractivity contribution in [2.24, 2.45) is 0 Å². The largest absolute Gasteiger partial charge is 0.457 e. The van der Waals surface area contributed by atoms with Gasteiger partial charge >= 0.3 is 11.9 Å². The quantitative estimate of drug-likeness (QED) is 0.232. The van der Waals surface area contributed by atoms with E-state index in [0.717, 1.165) is 24.8 Å². The average molecular weight is 348 g/mol. The molecule has 0 aliphatic heterocycles. The third-order valence-corrected chi connectivity index (χ3v) is 4.14. The van der Waals surface area contributed by atoms with Crippen molar-refractivity contribution in [2.45, 2.75) is 78.1 Å². The number of carbonyl (C=O) groups excluding carboxylic acids is 2. The van der Waals surface area contributed by atoms with Crippen LogP contribution in [-0.2, 0) is 14.3 Å². The van der Waals surface area contributed by atoms with Crippen LogP contribution in [0.4, 0.5) is 0 Å². The maximum absolute atomic E-state index is 11.9. The lowest BCUT2D eigenvalue weighted by molar-refractivity contribution is -0.162. The summed E-state index contributed by atoms with van der Waals surface area (Å²) in [7, 11) is 0. The zero-order valence-electron chi connectivity index (χ0n) is 15.9. The first-order chi connectivity index (χ1) is 12.1. The van der Waals surface area contributed by atoms with Crippen molar-refractivity contribution in [3.8, 4) is 5.75 Å². The summed E-state index contributed by atoms with van der Waals surface area (Å²) >= 11 is 0. The fraction of sp³-hybridized carbons (Fsp3) is 0.619. The van der Waals surface area contributed by atoms with E-state index in [-0.39, 0.29) is 12.5 Å². The normalized spacial score (nSPS) is 10.7. The average Bonchev–Trinajstić information content (AvgIpc) is 2.60. The summed E-state index contributed by atoms with van der Waals surface area (Å²) in [6.07, 6.45) is 9.31. The maximum atomic E-state index is 11.9. The van der Waals surface area contributed by atoms with Crippen molar-refractivity contribution in [2.75, 3.05) is 6.61 Å². The number of carbonyl (C=O) groups is 2. The Morgan fingerprint density at radius 2 is 1.48 bits per heavy atom. The molecule has 0 aliphatic rings. The second kappa shape index (κ2) is 12.5. The predicted molar refractivity (Wildman–Crippen MR) is 99.7 cm³/mol. The Labute approximate surface area is 151 Å². The van der Waals surface area contributed by atoms with E-state index in [0.29, 0.717) is 5.75 Å². The van der Waals surface area contributed by atoms with Crippen LogP contribution in [0.15, 0.2) is 24.3 Å². The van der Waals surface area contributed by atoms with Crippen molar-refractivity contribution in [3.05, 3.63) is 29.8 Å². The van der Waals surface area contributed by atoms with Crippen LogP contribution in [0.1, 0.15) is 83.6 Å². The Balaban J connectivity index is 2.22. The van der Waals surface area contributed by atoms with Gasteiger partial charge in [-0.2, -0.15) is 0 Å². The Morgan fingerprint density at radius 3 is 2.12 bits per heavy atom. The molecule has 4 nitrogen and oxygen atoms in total. The molecule has 0 fully saturated rings. The number of rotatable bonds is 11. The Bertz CT molecular complexity index is 522. The van der Waals surface area contributed by atoms with Crippen LogP contribution in [0.5, 0.6) is 5.75 Å². The van der Waals surface area contributed by atoms with Gasteiger partial charge in [0, 0.05) is 0 Å². The number of para-hydroxylation sites is 1.